The molecule has 0 heterocycles. The summed E-state index contributed by atoms with van der Waals surface area (Å²) in [4.78, 5) is 0.159. The number of alkyl halides is 1. The van der Waals surface area contributed by atoms with Crippen LogP contribution in [0.1, 0.15) is 57.9 Å². The van der Waals surface area contributed by atoms with Crippen molar-refractivity contribution in [1.29, 1.82) is 0 Å². The fraction of sp³-hybridized carbons (Fsp3) is 0.667. The van der Waals surface area contributed by atoms with E-state index in [1.165, 1.54) is 18.2 Å². The monoisotopic (exact) mass is 422 g/mol. The molecular weight excluding hydrogens is 395 g/mol. The van der Waals surface area contributed by atoms with Gasteiger partial charge in [0.15, 0.2) is 9.84 Å². The molecule has 0 bridgehead atoms. The summed E-state index contributed by atoms with van der Waals surface area (Å²) in [6.45, 7) is 3.97. The average molecular weight is 423 g/mol. The Hall–Kier alpha value is -0.460. The zero-order valence-electron chi connectivity index (χ0n) is 14.5. The zero-order chi connectivity index (χ0) is 18.2. The maximum Gasteiger partial charge on any atom is 0.179 e. The van der Waals surface area contributed by atoms with Gasteiger partial charge in [0.25, 0.3) is 0 Å². The lowest BCUT2D eigenvalue weighted by molar-refractivity contribution is 0.120. The molecule has 138 valence electrons. The molecule has 0 aliphatic carbocycles. The van der Waals surface area contributed by atoms with Crippen LogP contribution in [0, 0.1) is 11.2 Å². The highest BCUT2D eigenvalue weighted by Gasteiger charge is 2.35. The Kier molecular flexibility index (Phi) is 8.88. The SMILES string of the molecule is CCCCC(CO)(CCCC)CS(=O)(=O)c1ccc(F)cc1CBr. The first-order valence-electron chi connectivity index (χ1n) is 8.52. The van der Waals surface area contributed by atoms with Crippen molar-refractivity contribution >= 4 is 25.8 Å². The fourth-order valence-corrected chi connectivity index (χ4v) is 5.81. The van der Waals surface area contributed by atoms with Gasteiger partial charge >= 0.3 is 0 Å². The van der Waals surface area contributed by atoms with Gasteiger partial charge in [0.1, 0.15) is 5.82 Å². The van der Waals surface area contributed by atoms with E-state index in [9.17, 15) is 17.9 Å². The summed E-state index contributed by atoms with van der Waals surface area (Å²) in [5, 5.41) is 10.3. The molecule has 0 saturated carbocycles. The topological polar surface area (TPSA) is 54.4 Å². The van der Waals surface area contributed by atoms with Crippen LogP contribution < -0.4 is 0 Å². The minimum absolute atomic E-state index is 0.0951. The van der Waals surface area contributed by atoms with Crippen LogP contribution in [0.4, 0.5) is 4.39 Å². The first kappa shape index (κ1) is 21.6. The molecule has 24 heavy (non-hydrogen) atoms. The van der Waals surface area contributed by atoms with Crippen LogP contribution in [0.2, 0.25) is 0 Å². The van der Waals surface area contributed by atoms with Gasteiger partial charge < -0.3 is 5.11 Å². The summed E-state index contributed by atoms with van der Waals surface area (Å²) < 4.78 is 39.3. The Balaban J connectivity index is 3.18. The summed E-state index contributed by atoms with van der Waals surface area (Å²) in [5.74, 6) is -0.545. The van der Waals surface area contributed by atoms with E-state index in [4.69, 9.17) is 0 Å². The van der Waals surface area contributed by atoms with Gasteiger partial charge in [-0.2, -0.15) is 0 Å². The Bertz CT molecular complexity index is 609. The van der Waals surface area contributed by atoms with E-state index < -0.39 is 21.1 Å². The number of sulfone groups is 1. The second kappa shape index (κ2) is 9.88. The highest BCUT2D eigenvalue weighted by atomic mass is 79.9. The number of unbranched alkanes of at least 4 members (excludes halogenated alkanes) is 2. The van der Waals surface area contributed by atoms with E-state index in [1.54, 1.807) is 0 Å². The highest BCUT2D eigenvalue weighted by Crippen LogP contribution is 2.35. The molecule has 0 aromatic heterocycles. The molecule has 0 radical (unpaired) electrons. The molecule has 0 spiro atoms. The molecule has 6 heteroatoms. The smallest absolute Gasteiger partial charge is 0.179 e. The summed E-state index contributed by atoms with van der Waals surface area (Å²) in [7, 11) is -3.61. The number of halogens is 2. The number of rotatable bonds is 11. The molecular formula is C18H28BrFO3S. The molecule has 0 aliphatic rings. The second-order valence-corrected chi connectivity index (χ2v) is 9.03. The van der Waals surface area contributed by atoms with Crippen LogP contribution in [0.25, 0.3) is 0 Å². The summed E-state index contributed by atoms with van der Waals surface area (Å²) >= 11 is 3.24. The Labute approximate surface area is 153 Å². The van der Waals surface area contributed by atoms with E-state index in [2.05, 4.69) is 29.8 Å². The third-order valence-corrected chi connectivity index (χ3v) is 7.12. The molecule has 0 atom stereocenters. The first-order valence-corrected chi connectivity index (χ1v) is 11.3. The van der Waals surface area contributed by atoms with Gasteiger partial charge in [-0.15, -0.1) is 0 Å². The maximum atomic E-state index is 13.4. The summed E-state index contributed by atoms with van der Waals surface area (Å²) in [5.41, 5.74) is -0.198. The van der Waals surface area contributed by atoms with Gasteiger partial charge in [0, 0.05) is 17.4 Å². The predicted octanol–water partition coefficient (Wildman–Crippen LogP) is 4.85. The quantitative estimate of drug-likeness (QED) is 0.409. The molecule has 1 N–H and O–H groups in total. The van der Waals surface area contributed by atoms with Crippen molar-refractivity contribution in [2.45, 2.75) is 62.6 Å². The third-order valence-electron chi connectivity index (χ3n) is 4.45. The van der Waals surface area contributed by atoms with E-state index in [0.717, 1.165) is 25.7 Å². The van der Waals surface area contributed by atoms with Crippen molar-refractivity contribution < 1.29 is 17.9 Å². The number of benzene rings is 1. The minimum Gasteiger partial charge on any atom is -0.396 e. The number of aliphatic hydroxyl groups is 1. The van der Waals surface area contributed by atoms with Crippen molar-refractivity contribution in [2.75, 3.05) is 12.4 Å². The van der Waals surface area contributed by atoms with E-state index in [1.807, 2.05) is 0 Å². The van der Waals surface area contributed by atoms with Gasteiger partial charge in [-0.3, -0.25) is 0 Å². The van der Waals surface area contributed by atoms with Crippen LogP contribution in [0.5, 0.6) is 0 Å². The normalized spacial score (nSPS) is 12.5. The van der Waals surface area contributed by atoms with Crippen molar-refractivity contribution in [2.24, 2.45) is 5.41 Å². The standard InChI is InChI=1S/C18H28BrFO3S/c1-3-5-9-18(13-21,10-6-4-2)14-24(22,23)17-8-7-16(20)11-15(17)12-19/h7-8,11,21H,3-6,9-10,12-14H2,1-2H3. The number of hydrogen-bond donors (Lipinski definition) is 1. The van der Waals surface area contributed by atoms with E-state index >= 15 is 0 Å². The predicted molar refractivity (Wildman–Crippen MR) is 99.7 cm³/mol. The Morgan fingerprint density at radius 2 is 1.75 bits per heavy atom. The van der Waals surface area contributed by atoms with Crippen LogP contribution in [-0.4, -0.2) is 25.9 Å². The molecule has 3 nitrogen and oxygen atoms in total. The van der Waals surface area contributed by atoms with E-state index in [0.29, 0.717) is 18.4 Å². The van der Waals surface area contributed by atoms with Crippen LogP contribution in [0.3, 0.4) is 0 Å². The lowest BCUT2D eigenvalue weighted by Crippen LogP contribution is -2.34. The van der Waals surface area contributed by atoms with Gasteiger partial charge in [-0.05, 0) is 36.6 Å². The lowest BCUT2D eigenvalue weighted by atomic mass is 9.81. The minimum atomic E-state index is -3.61. The largest absolute Gasteiger partial charge is 0.396 e. The van der Waals surface area contributed by atoms with Gasteiger partial charge in [-0.1, -0.05) is 55.5 Å². The lowest BCUT2D eigenvalue weighted by Gasteiger charge is -2.32. The molecule has 0 fully saturated rings. The fourth-order valence-electron chi connectivity index (χ4n) is 3.01. The average Bonchev–Trinajstić information content (AvgIpc) is 2.56. The Morgan fingerprint density at radius 3 is 2.21 bits per heavy atom. The van der Waals surface area contributed by atoms with E-state index in [-0.39, 0.29) is 22.6 Å². The van der Waals surface area contributed by atoms with Crippen LogP contribution in [-0.2, 0) is 15.2 Å². The molecule has 1 aromatic carbocycles. The summed E-state index contributed by atoms with van der Waals surface area (Å²) in [6.07, 6.45) is 5.05. The number of hydrogen-bond acceptors (Lipinski definition) is 3. The van der Waals surface area contributed by atoms with Crippen molar-refractivity contribution in [1.82, 2.24) is 0 Å². The molecule has 0 saturated heterocycles. The molecule has 0 amide bonds. The van der Waals surface area contributed by atoms with Gasteiger partial charge in [0.2, 0.25) is 0 Å². The van der Waals surface area contributed by atoms with Gasteiger partial charge in [-0.25, -0.2) is 12.8 Å². The molecule has 1 rings (SSSR count). The third kappa shape index (κ3) is 5.81. The molecule has 0 unspecified atom stereocenters. The maximum absolute atomic E-state index is 13.4. The first-order chi connectivity index (χ1) is 11.3. The molecule has 1 aromatic rings. The number of aliphatic hydroxyl groups excluding tert-OH is 1. The highest BCUT2D eigenvalue weighted by molar-refractivity contribution is 9.08. The van der Waals surface area contributed by atoms with Crippen LogP contribution >= 0.6 is 15.9 Å². The Morgan fingerprint density at radius 1 is 1.17 bits per heavy atom. The summed E-state index contributed by atoms with van der Waals surface area (Å²) in [6, 6.07) is 3.77. The van der Waals surface area contributed by atoms with Gasteiger partial charge in [0.05, 0.1) is 10.6 Å². The second-order valence-electron chi connectivity index (χ2n) is 6.51. The van der Waals surface area contributed by atoms with Crippen molar-refractivity contribution in [3.05, 3.63) is 29.6 Å². The molecule has 0 aliphatic heterocycles. The van der Waals surface area contributed by atoms with Crippen LogP contribution in [0.15, 0.2) is 23.1 Å². The van der Waals surface area contributed by atoms with Crippen molar-refractivity contribution in [3.8, 4) is 0 Å². The van der Waals surface area contributed by atoms with Crippen molar-refractivity contribution in [3.63, 3.8) is 0 Å². The zero-order valence-corrected chi connectivity index (χ0v) is 16.9.